The molecule has 21 heavy (non-hydrogen) atoms. The molecule has 1 N–H and O–H groups in total. The third-order valence-corrected chi connectivity index (χ3v) is 4.87. The molecule has 0 radical (unpaired) electrons. The minimum Gasteiger partial charge on any atom is -0.481 e. The minimum absolute atomic E-state index is 0.0412. The molecule has 2 rings (SSSR count). The van der Waals surface area contributed by atoms with Gasteiger partial charge >= 0.3 is 5.97 Å². The molecular weight excluding hydrogens is 286 g/mol. The van der Waals surface area contributed by atoms with E-state index in [0.29, 0.717) is 38.8 Å². The molecular formula is C16H21NO3S. The first-order valence-electron chi connectivity index (χ1n) is 7.26. The number of carbonyl (C=O) groups is 2. The fraction of sp³-hybridized carbons (Fsp3) is 0.500. The molecule has 114 valence electrons. The van der Waals surface area contributed by atoms with Crippen LogP contribution in [-0.4, -0.2) is 28.4 Å². The van der Waals surface area contributed by atoms with Gasteiger partial charge in [-0.15, -0.1) is 17.9 Å². The lowest BCUT2D eigenvalue weighted by Gasteiger charge is -2.30. The summed E-state index contributed by atoms with van der Waals surface area (Å²) in [7, 11) is 0. The van der Waals surface area contributed by atoms with Gasteiger partial charge < -0.3 is 10.0 Å². The van der Waals surface area contributed by atoms with Gasteiger partial charge in [-0.2, -0.15) is 0 Å². The number of aliphatic carboxylic acids is 1. The molecule has 0 aliphatic heterocycles. The van der Waals surface area contributed by atoms with Crippen molar-refractivity contribution in [1.29, 1.82) is 0 Å². The van der Waals surface area contributed by atoms with Crippen molar-refractivity contribution in [3.05, 3.63) is 35.0 Å². The van der Waals surface area contributed by atoms with Crippen LogP contribution in [-0.2, 0) is 16.1 Å². The standard InChI is InChI=1S/C16H21NO3S/c1-2-9-17(11-14-4-3-10-21-14)15(18)12-5-7-13(8-6-12)16(19)20/h2-4,10,12-13H,1,5-9,11H2,(H,19,20). The van der Waals surface area contributed by atoms with Gasteiger partial charge in [-0.25, -0.2) is 0 Å². The Morgan fingerprint density at radius 3 is 2.52 bits per heavy atom. The summed E-state index contributed by atoms with van der Waals surface area (Å²) in [5.74, 6) is -0.922. The van der Waals surface area contributed by atoms with Crippen LogP contribution in [0.15, 0.2) is 30.2 Å². The molecule has 5 heteroatoms. The maximum absolute atomic E-state index is 12.6. The largest absolute Gasteiger partial charge is 0.481 e. The lowest BCUT2D eigenvalue weighted by atomic mass is 9.81. The fourth-order valence-electron chi connectivity index (χ4n) is 2.82. The van der Waals surface area contributed by atoms with Gasteiger partial charge in [0, 0.05) is 17.3 Å². The molecule has 4 nitrogen and oxygen atoms in total. The molecule has 1 amide bonds. The molecule has 1 heterocycles. The van der Waals surface area contributed by atoms with Gasteiger partial charge in [0.05, 0.1) is 12.5 Å². The van der Waals surface area contributed by atoms with Crippen molar-refractivity contribution in [3.8, 4) is 0 Å². The minimum atomic E-state index is -0.734. The van der Waals surface area contributed by atoms with E-state index in [2.05, 4.69) is 6.58 Å². The van der Waals surface area contributed by atoms with E-state index in [1.807, 2.05) is 22.4 Å². The lowest BCUT2D eigenvalue weighted by Crippen LogP contribution is -2.38. The Bertz CT molecular complexity index is 490. The maximum atomic E-state index is 12.6. The van der Waals surface area contributed by atoms with Crippen molar-refractivity contribution < 1.29 is 14.7 Å². The zero-order valence-electron chi connectivity index (χ0n) is 12.0. The van der Waals surface area contributed by atoms with Crippen LogP contribution < -0.4 is 0 Å². The van der Waals surface area contributed by atoms with Gasteiger partial charge in [0.2, 0.25) is 5.91 Å². The number of carbonyl (C=O) groups excluding carboxylic acids is 1. The number of nitrogens with zero attached hydrogens (tertiary/aromatic N) is 1. The number of hydrogen-bond acceptors (Lipinski definition) is 3. The van der Waals surface area contributed by atoms with Crippen LogP contribution >= 0.6 is 11.3 Å². The monoisotopic (exact) mass is 307 g/mol. The number of amides is 1. The molecule has 1 fully saturated rings. The second kappa shape index (κ2) is 7.41. The van der Waals surface area contributed by atoms with Crippen LogP contribution in [0.4, 0.5) is 0 Å². The quantitative estimate of drug-likeness (QED) is 0.821. The van der Waals surface area contributed by atoms with E-state index in [1.165, 1.54) is 0 Å². The number of carboxylic acid groups (broad SMARTS) is 1. The van der Waals surface area contributed by atoms with E-state index >= 15 is 0 Å². The van der Waals surface area contributed by atoms with Gasteiger partial charge in [-0.3, -0.25) is 9.59 Å². The van der Waals surface area contributed by atoms with Crippen LogP contribution in [0.2, 0.25) is 0 Å². The summed E-state index contributed by atoms with van der Waals surface area (Å²) in [6, 6.07) is 4.00. The molecule has 0 bridgehead atoms. The Kier molecular flexibility index (Phi) is 5.56. The molecule has 1 aromatic heterocycles. The normalized spacial score (nSPS) is 21.7. The second-order valence-corrected chi connectivity index (χ2v) is 6.51. The van der Waals surface area contributed by atoms with Gasteiger partial charge in [-0.1, -0.05) is 12.1 Å². The highest BCUT2D eigenvalue weighted by Gasteiger charge is 2.31. The maximum Gasteiger partial charge on any atom is 0.306 e. The topological polar surface area (TPSA) is 57.6 Å². The van der Waals surface area contributed by atoms with Crippen LogP contribution in [0.1, 0.15) is 30.6 Å². The predicted molar refractivity (Wildman–Crippen MR) is 83.0 cm³/mol. The van der Waals surface area contributed by atoms with E-state index in [1.54, 1.807) is 17.4 Å². The molecule has 1 aliphatic carbocycles. The first kappa shape index (κ1) is 15.8. The highest BCUT2D eigenvalue weighted by molar-refractivity contribution is 7.09. The molecule has 0 spiro atoms. The number of hydrogen-bond donors (Lipinski definition) is 1. The Morgan fingerprint density at radius 2 is 2.00 bits per heavy atom. The van der Waals surface area contributed by atoms with Crippen LogP contribution in [0.5, 0.6) is 0 Å². The van der Waals surface area contributed by atoms with E-state index in [9.17, 15) is 9.59 Å². The Hall–Kier alpha value is -1.62. The van der Waals surface area contributed by atoms with Crippen molar-refractivity contribution in [2.75, 3.05) is 6.54 Å². The van der Waals surface area contributed by atoms with Crippen molar-refractivity contribution in [3.63, 3.8) is 0 Å². The zero-order chi connectivity index (χ0) is 15.2. The molecule has 0 unspecified atom stereocenters. The lowest BCUT2D eigenvalue weighted by molar-refractivity contribution is -0.145. The molecule has 1 aromatic rings. The Labute approximate surface area is 129 Å². The summed E-state index contributed by atoms with van der Waals surface area (Å²) in [4.78, 5) is 26.6. The summed E-state index contributed by atoms with van der Waals surface area (Å²) >= 11 is 1.64. The highest BCUT2D eigenvalue weighted by atomic mass is 32.1. The molecule has 0 atom stereocenters. The summed E-state index contributed by atoms with van der Waals surface area (Å²) in [6.07, 6.45) is 4.30. The van der Waals surface area contributed by atoms with E-state index < -0.39 is 5.97 Å². The van der Waals surface area contributed by atoms with Crippen molar-refractivity contribution >= 4 is 23.2 Å². The Morgan fingerprint density at radius 1 is 1.33 bits per heavy atom. The summed E-state index contributed by atoms with van der Waals surface area (Å²) in [5, 5.41) is 11.0. The van der Waals surface area contributed by atoms with Gasteiger partial charge in [-0.05, 0) is 37.1 Å². The third kappa shape index (κ3) is 4.17. The summed E-state index contributed by atoms with van der Waals surface area (Å²) in [5.41, 5.74) is 0. The average Bonchev–Trinajstić information content (AvgIpc) is 2.99. The average molecular weight is 307 g/mol. The molecule has 1 saturated carbocycles. The van der Waals surface area contributed by atoms with Crippen LogP contribution in [0, 0.1) is 11.8 Å². The predicted octanol–water partition coefficient (Wildman–Crippen LogP) is 3.15. The van der Waals surface area contributed by atoms with Gasteiger partial charge in [0.25, 0.3) is 0 Å². The Balaban J connectivity index is 1.95. The summed E-state index contributed by atoms with van der Waals surface area (Å²) in [6.45, 7) is 4.87. The highest BCUT2D eigenvalue weighted by Crippen LogP contribution is 2.30. The van der Waals surface area contributed by atoms with E-state index in [0.717, 1.165) is 4.88 Å². The zero-order valence-corrected chi connectivity index (χ0v) is 12.8. The number of rotatable bonds is 6. The van der Waals surface area contributed by atoms with Crippen molar-refractivity contribution in [2.24, 2.45) is 11.8 Å². The molecule has 0 aromatic carbocycles. The molecule has 1 aliphatic rings. The van der Waals surface area contributed by atoms with E-state index in [4.69, 9.17) is 5.11 Å². The smallest absolute Gasteiger partial charge is 0.306 e. The van der Waals surface area contributed by atoms with Crippen molar-refractivity contribution in [2.45, 2.75) is 32.2 Å². The second-order valence-electron chi connectivity index (χ2n) is 5.47. The summed E-state index contributed by atoms with van der Waals surface area (Å²) < 4.78 is 0. The fourth-order valence-corrected chi connectivity index (χ4v) is 3.54. The molecule has 0 saturated heterocycles. The van der Waals surface area contributed by atoms with Crippen LogP contribution in [0.25, 0.3) is 0 Å². The first-order chi connectivity index (χ1) is 10.1. The third-order valence-electron chi connectivity index (χ3n) is 4.01. The van der Waals surface area contributed by atoms with E-state index in [-0.39, 0.29) is 17.7 Å². The van der Waals surface area contributed by atoms with Gasteiger partial charge in [0.15, 0.2) is 0 Å². The van der Waals surface area contributed by atoms with Gasteiger partial charge in [0.1, 0.15) is 0 Å². The number of thiophene rings is 1. The van der Waals surface area contributed by atoms with Crippen molar-refractivity contribution in [1.82, 2.24) is 4.90 Å². The first-order valence-corrected chi connectivity index (χ1v) is 8.14. The van der Waals surface area contributed by atoms with Crippen LogP contribution in [0.3, 0.4) is 0 Å². The SMILES string of the molecule is C=CCN(Cc1cccs1)C(=O)C1CCC(C(=O)O)CC1. The number of carboxylic acids is 1.